The van der Waals surface area contributed by atoms with E-state index in [0.29, 0.717) is 36.1 Å². The van der Waals surface area contributed by atoms with Crippen LogP contribution in [0.5, 0.6) is 0 Å². The van der Waals surface area contributed by atoms with Gasteiger partial charge in [-0.2, -0.15) is 0 Å². The largest absolute Gasteiger partial charge is 0.469 e. The van der Waals surface area contributed by atoms with E-state index in [4.69, 9.17) is 9.47 Å². The summed E-state index contributed by atoms with van der Waals surface area (Å²) in [5.74, 6) is -0.432. The number of ketones is 1. The van der Waals surface area contributed by atoms with Gasteiger partial charge >= 0.3 is 0 Å². The molecule has 3 nitrogen and oxygen atoms in total. The van der Waals surface area contributed by atoms with Gasteiger partial charge in [0, 0.05) is 12.0 Å². The van der Waals surface area contributed by atoms with Gasteiger partial charge in [0.25, 0.3) is 0 Å². The van der Waals surface area contributed by atoms with Crippen molar-refractivity contribution < 1.29 is 23.0 Å². The summed E-state index contributed by atoms with van der Waals surface area (Å²) < 4.78 is 40.1. The van der Waals surface area contributed by atoms with E-state index in [0.717, 1.165) is 12.8 Å². The lowest BCUT2D eigenvalue weighted by Crippen LogP contribution is -2.45. The monoisotopic (exact) mass is 364 g/mol. The predicted molar refractivity (Wildman–Crippen MR) is 94.5 cm³/mol. The molecule has 1 aliphatic heterocycles. The third-order valence-electron chi connectivity index (χ3n) is 5.73. The standard InChI is InChI=1S/C21H26F2O3/c1-4-6-15-11-21(20(10-19(15)24)25-12-26-21)13(3)7-16-9-17(22)14(5-2)8-18(16)23/h8-10,13,15H,4-7,11-12H2,1-3H3/t13-,15+,21-/m1/s1. The van der Waals surface area contributed by atoms with E-state index in [-0.39, 0.29) is 30.2 Å². The lowest BCUT2D eigenvalue weighted by Gasteiger charge is -2.38. The van der Waals surface area contributed by atoms with Crippen molar-refractivity contribution in [1.82, 2.24) is 0 Å². The van der Waals surface area contributed by atoms with Crippen LogP contribution in [-0.4, -0.2) is 18.2 Å². The molecule has 1 heterocycles. The Balaban J connectivity index is 1.88. The smallest absolute Gasteiger partial charge is 0.189 e. The molecule has 3 atom stereocenters. The molecule has 0 radical (unpaired) electrons. The van der Waals surface area contributed by atoms with Crippen LogP contribution in [0.15, 0.2) is 24.0 Å². The number of allylic oxidation sites excluding steroid dienone is 1. The third kappa shape index (κ3) is 3.29. The summed E-state index contributed by atoms with van der Waals surface area (Å²) in [6, 6.07) is 2.57. The molecule has 0 aromatic heterocycles. The van der Waals surface area contributed by atoms with Gasteiger partial charge < -0.3 is 9.47 Å². The van der Waals surface area contributed by atoms with Crippen molar-refractivity contribution in [2.75, 3.05) is 6.79 Å². The van der Waals surface area contributed by atoms with E-state index in [1.165, 1.54) is 12.1 Å². The molecule has 2 aliphatic rings. The summed E-state index contributed by atoms with van der Waals surface area (Å²) in [4.78, 5) is 12.3. The first-order valence-corrected chi connectivity index (χ1v) is 9.40. The van der Waals surface area contributed by atoms with E-state index in [1.54, 1.807) is 13.0 Å². The Kier molecular flexibility index (Phi) is 5.47. The molecule has 5 heteroatoms. The Hall–Kier alpha value is -1.75. The van der Waals surface area contributed by atoms with E-state index in [1.807, 2.05) is 13.8 Å². The van der Waals surface area contributed by atoms with Crippen LogP contribution < -0.4 is 0 Å². The number of ether oxygens (including phenoxy) is 2. The molecule has 0 unspecified atom stereocenters. The summed E-state index contributed by atoms with van der Waals surface area (Å²) in [6.07, 6.45) is 4.54. The number of hydrogen-bond donors (Lipinski definition) is 0. The van der Waals surface area contributed by atoms with Crippen LogP contribution in [0.4, 0.5) is 8.78 Å². The van der Waals surface area contributed by atoms with Crippen LogP contribution in [0.1, 0.15) is 51.2 Å². The molecule has 1 aromatic rings. The minimum atomic E-state index is -0.736. The summed E-state index contributed by atoms with van der Waals surface area (Å²) in [5, 5.41) is 0. The van der Waals surface area contributed by atoms with E-state index in [2.05, 4.69) is 0 Å². The molecular formula is C21H26F2O3. The Morgan fingerprint density at radius 1 is 1.23 bits per heavy atom. The van der Waals surface area contributed by atoms with Gasteiger partial charge in [-0.05, 0) is 54.9 Å². The van der Waals surface area contributed by atoms with Crippen molar-refractivity contribution in [3.05, 3.63) is 46.7 Å². The van der Waals surface area contributed by atoms with Gasteiger partial charge in [-0.25, -0.2) is 8.78 Å². The van der Waals surface area contributed by atoms with Crippen LogP contribution in [-0.2, 0) is 27.1 Å². The maximum Gasteiger partial charge on any atom is 0.189 e. The highest BCUT2D eigenvalue weighted by molar-refractivity contribution is 5.93. The molecule has 0 N–H and O–H groups in total. The maximum atomic E-state index is 14.4. The number of hydrogen-bond acceptors (Lipinski definition) is 3. The first kappa shape index (κ1) is 19.0. The van der Waals surface area contributed by atoms with Crippen LogP contribution in [0.25, 0.3) is 0 Å². The van der Waals surface area contributed by atoms with Gasteiger partial charge in [0.1, 0.15) is 23.0 Å². The first-order valence-electron chi connectivity index (χ1n) is 9.40. The van der Waals surface area contributed by atoms with Gasteiger partial charge in [0.15, 0.2) is 12.6 Å². The summed E-state index contributed by atoms with van der Waals surface area (Å²) >= 11 is 0. The van der Waals surface area contributed by atoms with E-state index < -0.39 is 11.4 Å². The van der Waals surface area contributed by atoms with Gasteiger partial charge in [0.2, 0.25) is 0 Å². The van der Waals surface area contributed by atoms with Crippen LogP contribution in [0.2, 0.25) is 0 Å². The van der Waals surface area contributed by atoms with E-state index >= 15 is 0 Å². The molecular weight excluding hydrogens is 338 g/mol. The average molecular weight is 364 g/mol. The molecule has 0 amide bonds. The fourth-order valence-electron chi connectivity index (χ4n) is 4.16. The summed E-state index contributed by atoms with van der Waals surface area (Å²) in [6.45, 7) is 5.88. The lowest BCUT2D eigenvalue weighted by atomic mass is 9.71. The van der Waals surface area contributed by atoms with Crippen molar-refractivity contribution in [3.63, 3.8) is 0 Å². The Labute approximate surface area is 153 Å². The average Bonchev–Trinajstić information content (AvgIpc) is 3.02. The van der Waals surface area contributed by atoms with Crippen molar-refractivity contribution in [3.8, 4) is 0 Å². The van der Waals surface area contributed by atoms with Gasteiger partial charge in [0.05, 0.1) is 0 Å². The Morgan fingerprint density at radius 2 is 1.92 bits per heavy atom. The topological polar surface area (TPSA) is 35.5 Å². The highest BCUT2D eigenvalue weighted by Crippen LogP contribution is 2.46. The van der Waals surface area contributed by atoms with Crippen molar-refractivity contribution in [2.24, 2.45) is 11.8 Å². The molecule has 3 rings (SSSR count). The normalized spacial score (nSPS) is 26.3. The zero-order valence-electron chi connectivity index (χ0n) is 15.6. The minimum Gasteiger partial charge on any atom is -0.469 e. The minimum absolute atomic E-state index is 0.0692. The maximum absolute atomic E-state index is 14.4. The second-order valence-corrected chi connectivity index (χ2v) is 7.39. The number of aryl methyl sites for hydroxylation is 1. The molecule has 0 spiro atoms. The molecule has 1 aromatic carbocycles. The van der Waals surface area contributed by atoms with Gasteiger partial charge in [-0.1, -0.05) is 27.2 Å². The van der Waals surface area contributed by atoms with Crippen LogP contribution in [0, 0.1) is 23.5 Å². The molecule has 26 heavy (non-hydrogen) atoms. The first-order chi connectivity index (χ1) is 12.4. The molecule has 0 bridgehead atoms. The Bertz CT molecular complexity index is 728. The van der Waals surface area contributed by atoms with Crippen LogP contribution >= 0.6 is 0 Å². The third-order valence-corrected chi connectivity index (χ3v) is 5.73. The second-order valence-electron chi connectivity index (χ2n) is 7.39. The number of halogens is 2. The molecule has 1 aliphatic carbocycles. The molecule has 142 valence electrons. The second kappa shape index (κ2) is 7.47. The zero-order valence-corrected chi connectivity index (χ0v) is 15.6. The quantitative estimate of drug-likeness (QED) is 0.733. The number of fused-ring (bicyclic) bond motifs is 1. The highest BCUT2D eigenvalue weighted by Gasteiger charge is 2.51. The van der Waals surface area contributed by atoms with Gasteiger partial charge in [-0.15, -0.1) is 0 Å². The van der Waals surface area contributed by atoms with Crippen molar-refractivity contribution in [1.29, 1.82) is 0 Å². The number of benzene rings is 1. The van der Waals surface area contributed by atoms with E-state index in [9.17, 15) is 13.6 Å². The predicted octanol–water partition coefficient (Wildman–Crippen LogP) is 4.72. The highest BCUT2D eigenvalue weighted by atomic mass is 19.1. The lowest BCUT2D eigenvalue weighted by molar-refractivity contribution is -0.123. The fourth-order valence-corrected chi connectivity index (χ4v) is 4.16. The number of carbonyl (C=O) groups excluding carboxylic acids is 1. The Morgan fingerprint density at radius 3 is 2.62 bits per heavy atom. The SMILES string of the molecule is CCC[C@H]1C[C@]2([C@H](C)Cc3cc(F)c(CC)cc3F)OCOC2=CC1=O. The van der Waals surface area contributed by atoms with Gasteiger partial charge in [-0.3, -0.25) is 4.79 Å². The fraction of sp³-hybridized carbons (Fsp3) is 0.571. The number of rotatable bonds is 6. The summed E-state index contributed by atoms with van der Waals surface area (Å²) in [5.41, 5.74) is -0.0233. The molecule has 0 saturated carbocycles. The van der Waals surface area contributed by atoms with Crippen molar-refractivity contribution >= 4 is 5.78 Å². The molecule has 1 fully saturated rings. The molecule has 1 saturated heterocycles. The van der Waals surface area contributed by atoms with Crippen LogP contribution in [0.3, 0.4) is 0 Å². The van der Waals surface area contributed by atoms with Crippen molar-refractivity contribution in [2.45, 2.75) is 58.5 Å². The zero-order chi connectivity index (χ0) is 18.9. The number of carbonyl (C=O) groups is 1. The summed E-state index contributed by atoms with van der Waals surface area (Å²) in [7, 11) is 0.